The molecule has 3 rings (SSSR count). The van der Waals surface area contributed by atoms with Crippen molar-refractivity contribution in [3.05, 3.63) is 71.8 Å². The van der Waals surface area contributed by atoms with Gasteiger partial charge in [-0.2, -0.15) is 0 Å². The molecule has 0 aliphatic carbocycles. The Bertz CT molecular complexity index is 1180. The van der Waals surface area contributed by atoms with Gasteiger partial charge in [-0.3, -0.25) is 0 Å². The van der Waals surface area contributed by atoms with E-state index >= 15 is 0 Å². The van der Waals surface area contributed by atoms with Gasteiger partial charge in [-0.15, -0.1) is 0 Å². The van der Waals surface area contributed by atoms with Crippen LogP contribution in [0.1, 0.15) is 25.0 Å². The Labute approximate surface area is 270 Å². The van der Waals surface area contributed by atoms with Gasteiger partial charge < -0.3 is 47.4 Å². The van der Waals surface area contributed by atoms with Crippen molar-refractivity contribution in [2.24, 2.45) is 0 Å². The maximum atomic E-state index is 11.8. The van der Waals surface area contributed by atoms with E-state index in [1.807, 2.05) is 0 Å². The molecule has 252 valence electrons. The third kappa shape index (κ3) is 13.9. The molecular formula is C34H44O12. The zero-order chi connectivity index (χ0) is 33.0. The third-order valence-corrected chi connectivity index (χ3v) is 6.14. The Morgan fingerprint density at radius 2 is 0.826 bits per heavy atom. The van der Waals surface area contributed by atoms with Crippen LogP contribution in [0.3, 0.4) is 0 Å². The van der Waals surface area contributed by atoms with E-state index < -0.39 is 11.9 Å². The lowest BCUT2D eigenvalue weighted by molar-refractivity contribution is -0.141. The molecule has 12 nitrogen and oxygen atoms in total. The van der Waals surface area contributed by atoms with Gasteiger partial charge in [0.1, 0.15) is 39.6 Å². The Hall–Kier alpha value is -4.10. The number of hydrogen-bond acceptors (Lipinski definition) is 12. The number of carbonyl (C=O) groups excluding carboxylic acids is 2. The average Bonchev–Trinajstić information content (AvgIpc) is 3.04. The second-order valence-corrected chi connectivity index (χ2v) is 10.1. The van der Waals surface area contributed by atoms with Crippen molar-refractivity contribution in [2.45, 2.75) is 27.1 Å². The van der Waals surface area contributed by atoms with Crippen LogP contribution < -0.4 is 18.9 Å². The minimum absolute atomic E-state index is 0.0770. The van der Waals surface area contributed by atoms with Crippen LogP contribution in [-0.2, 0) is 51.2 Å². The van der Waals surface area contributed by atoms with E-state index in [-0.39, 0.29) is 39.6 Å². The number of fused-ring (bicyclic) bond motifs is 2. The average molecular weight is 645 g/mol. The molecule has 0 N–H and O–H groups in total. The molecule has 1 aliphatic heterocycles. The topological polar surface area (TPSA) is 126 Å². The molecule has 0 spiro atoms. The van der Waals surface area contributed by atoms with Gasteiger partial charge in [-0.05, 0) is 49.2 Å². The lowest BCUT2D eigenvalue weighted by Gasteiger charge is -2.16. The Morgan fingerprint density at radius 3 is 1.15 bits per heavy atom. The van der Waals surface area contributed by atoms with Crippen LogP contribution in [0.4, 0.5) is 0 Å². The van der Waals surface area contributed by atoms with E-state index in [0.29, 0.717) is 87.0 Å². The predicted octanol–water partition coefficient (Wildman–Crippen LogP) is 4.22. The lowest BCUT2D eigenvalue weighted by atomic mass is 10.2. The fraction of sp³-hybridized carbons (Fsp3) is 0.471. The van der Waals surface area contributed by atoms with Crippen molar-refractivity contribution in [3.63, 3.8) is 0 Å². The summed E-state index contributed by atoms with van der Waals surface area (Å²) in [6.45, 7) is 14.5. The summed E-state index contributed by atoms with van der Waals surface area (Å²) in [6.07, 6.45) is 0. The smallest absolute Gasteiger partial charge is 0.333 e. The molecule has 0 unspecified atom stereocenters. The SMILES string of the molecule is C=C(C)C(=O)OCc1ccc2c(c1)OCCOCCOCCOc1ccc(COC(=O)C(=C)C)cc1OCCOCCOCCO2. The molecule has 0 saturated carbocycles. The number of ether oxygens (including phenoxy) is 10. The molecular weight excluding hydrogens is 600 g/mol. The Morgan fingerprint density at radius 1 is 0.522 bits per heavy atom. The van der Waals surface area contributed by atoms with Crippen molar-refractivity contribution in [1.29, 1.82) is 0 Å². The predicted molar refractivity (Wildman–Crippen MR) is 167 cm³/mol. The fourth-order valence-electron chi connectivity index (χ4n) is 3.78. The minimum Gasteiger partial charge on any atom is -0.487 e. The molecule has 0 fully saturated rings. The molecule has 1 heterocycles. The van der Waals surface area contributed by atoms with Gasteiger partial charge in [-0.25, -0.2) is 9.59 Å². The number of esters is 2. The molecule has 2 aromatic carbocycles. The van der Waals surface area contributed by atoms with Crippen LogP contribution in [0.15, 0.2) is 60.7 Å². The molecule has 0 aromatic heterocycles. The van der Waals surface area contributed by atoms with E-state index in [9.17, 15) is 9.59 Å². The summed E-state index contributed by atoms with van der Waals surface area (Å²) in [5, 5.41) is 0. The van der Waals surface area contributed by atoms with Gasteiger partial charge in [0.25, 0.3) is 0 Å². The molecule has 0 radical (unpaired) electrons. The first-order chi connectivity index (χ1) is 22.3. The Balaban J connectivity index is 1.53. The summed E-state index contributed by atoms with van der Waals surface area (Å²) in [5.41, 5.74) is 2.14. The maximum absolute atomic E-state index is 11.8. The van der Waals surface area contributed by atoms with Gasteiger partial charge in [0, 0.05) is 11.1 Å². The van der Waals surface area contributed by atoms with E-state index in [1.165, 1.54) is 0 Å². The van der Waals surface area contributed by atoms with Gasteiger partial charge in [0.05, 0.1) is 52.9 Å². The number of benzene rings is 2. The van der Waals surface area contributed by atoms with Gasteiger partial charge in [0.2, 0.25) is 0 Å². The maximum Gasteiger partial charge on any atom is 0.333 e. The van der Waals surface area contributed by atoms with Gasteiger partial charge in [0.15, 0.2) is 23.0 Å². The van der Waals surface area contributed by atoms with E-state index in [1.54, 1.807) is 50.2 Å². The van der Waals surface area contributed by atoms with Crippen molar-refractivity contribution < 1.29 is 57.0 Å². The number of hydrogen-bond donors (Lipinski definition) is 0. The van der Waals surface area contributed by atoms with Crippen molar-refractivity contribution >= 4 is 11.9 Å². The second-order valence-electron chi connectivity index (χ2n) is 10.1. The largest absolute Gasteiger partial charge is 0.487 e. The highest BCUT2D eigenvalue weighted by Gasteiger charge is 2.12. The van der Waals surface area contributed by atoms with Crippen LogP contribution in [0.25, 0.3) is 0 Å². The molecule has 0 atom stereocenters. The minimum atomic E-state index is -0.463. The first-order valence-electron chi connectivity index (χ1n) is 15.1. The van der Waals surface area contributed by atoms with E-state index in [4.69, 9.17) is 47.4 Å². The highest BCUT2D eigenvalue weighted by atomic mass is 16.6. The normalized spacial score (nSPS) is 15.9. The summed E-state index contributed by atoms with van der Waals surface area (Å²) in [7, 11) is 0. The highest BCUT2D eigenvalue weighted by molar-refractivity contribution is 5.87. The van der Waals surface area contributed by atoms with E-state index in [0.717, 1.165) is 11.1 Å². The lowest BCUT2D eigenvalue weighted by Crippen LogP contribution is -2.16. The van der Waals surface area contributed by atoms with Crippen molar-refractivity contribution in [2.75, 3.05) is 79.3 Å². The highest BCUT2D eigenvalue weighted by Crippen LogP contribution is 2.30. The summed E-state index contributed by atoms with van der Waals surface area (Å²) >= 11 is 0. The summed E-state index contributed by atoms with van der Waals surface area (Å²) < 4.78 is 56.7. The fourth-order valence-corrected chi connectivity index (χ4v) is 3.78. The zero-order valence-electron chi connectivity index (χ0n) is 26.7. The van der Waals surface area contributed by atoms with Gasteiger partial charge >= 0.3 is 11.9 Å². The first kappa shape index (κ1) is 36.4. The number of rotatable bonds is 6. The standard InChI is InChI=1S/C34H44O12/c1-25(2)33(35)45-23-27-5-7-29-31(21-27)43-19-15-39-11-9-38-14-18-42-30-8-6-28(24-46-34(36)26(3)4)22-32(30)44-20-16-40-12-10-37-13-17-41-29/h5-8,21-22H,1,3,9-20,23-24H2,2,4H3. The summed E-state index contributed by atoms with van der Waals surface area (Å²) in [4.78, 5) is 23.6. The van der Waals surface area contributed by atoms with Crippen molar-refractivity contribution in [3.8, 4) is 23.0 Å². The third-order valence-electron chi connectivity index (χ3n) is 6.14. The van der Waals surface area contributed by atoms with Crippen LogP contribution >= 0.6 is 0 Å². The second kappa shape index (κ2) is 20.8. The quantitative estimate of drug-likeness (QED) is 0.330. The van der Waals surface area contributed by atoms with Crippen LogP contribution in [0.2, 0.25) is 0 Å². The van der Waals surface area contributed by atoms with Gasteiger partial charge in [-0.1, -0.05) is 25.3 Å². The Kier molecular flexibility index (Phi) is 16.5. The molecule has 0 amide bonds. The van der Waals surface area contributed by atoms with Crippen molar-refractivity contribution in [1.82, 2.24) is 0 Å². The molecule has 0 saturated heterocycles. The molecule has 46 heavy (non-hydrogen) atoms. The molecule has 12 heteroatoms. The van der Waals surface area contributed by atoms with E-state index in [2.05, 4.69) is 13.2 Å². The molecule has 2 aromatic rings. The van der Waals surface area contributed by atoms with Crippen LogP contribution in [0, 0.1) is 0 Å². The monoisotopic (exact) mass is 644 g/mol. The van der Waals surface area contributed by atoms with Crippen LogP contribution in [-0.4, -0.2) is 91.2 Å². The summed E-state index contributed by atoms with van der Waals surface area (Å²) in [6, 6.07) is 10.7. The molecule has 1 aliphatic rings. The number of carbonyl (C=O) groups is 2. The zero-order valence-corrected chi connectivity index (χ0v) is 26.7. The summed E-state index contributed by atoms with van der Waals surface area (Å²) in [5.74, 6) is 1.13. The van der Waals surface area contributed by atoms with Crippen LogP contribution in [0.5, 0.6) is 23.0 Å². The molecule has 0 bridgehead atoms. The first-order valence-corrected chi connectivity index (χ1v) is 15.1.